The van der Waals surface area contributed by atoms with E-state index in [1.807, 2.05) is 24.3 Å². The highest BCUT2D eigenvalue weighted by Crippen LogP contribution is 2.35. The summed E-state index contributed by atoms with van der Waals surface area (Å²) in [5.74, 6) is 1.93. The number of anilines is 2. The van der Waals surface area contributed by atoms with Gasteiger partial charge >= 0.3 is 0 Å². The van der Waals surface area contributed by atoms with Gasteiger partial charge in [0, 0.05) is 29.8 Å². The lowest BCUT2D eigenvalue weighted by molar-refractivity contribution is -0.121. The maximum atomic E-state index is 12.6. The van der Waals surface area contributed by atoms with Crippen molar-refractivity contribution in [2.75, 3.05) is 24.9 Å². The number of ether oxygens (including phenoxy) is 3. The molecule has 4 rings (SSSR count). The number of amides is 2. The van der Waals surface area contributed by atoms with Crippen LogP contribution in [-0.2, 0) is 16.0 Å². The van der Waals surface area contributed by atoms with Crippen molar-refractivity contribution in [3.05, 3.63) is 72.3 Å². The van der Waals surface area contributed by atoms with E-state index in [2.05, 4.69) is 10.6 Å². The Bertz CT molecular complexity index is 1140. The molecular formula is C26H26N2O5. The van der Waals surface area contributed by atoms with E-state index < -0.39 is 0 Å². The Morgan fingerprint density at radius 1 is 0.970 bits per heavy atom. The predicted molar refractivity (Wildman–Crippen MR) is 126 cm³/mol. The first-order valence-electron chi connectivity index (χ1n) is 10.7. The molecule has 0 saturated carbocycles. The molecule has 2 amide bonds. The second kappa shape index (κ2) is 10.1. The minimum absolute atomic E-state index is 0.0406. The molecule has 1 aliphatic rings. The molecule has 0 spiro atoms. The first-order chi connectivity index (χ1) is 16.1. The molecule has 3 aromatic carbocycles. The Balaban J connectivity index is 1.37. The molecule has 33 heavy (non-hydrogen) atoms. The summed E-state index contributed by atoms with van der Waals surface area (Å²) in [5.41, 5.74) is 2.53. The summed E-state index contributed by atoms with van der Waals surface area (Å²) < 4.78 is 16.5. The molecule has 3 aromatic rings. The highest BCUT2D eigenvalue weighted by molar-refractivity contribution is 5.96. The fourth-order valence-electron chi connectivity index (χ4n) is 3.78. The van der Waals surface area contributed by atoms with E-state index in [1.165, 1.54) is 0 Å². The van der Waals surface area contributed by atoms with Crippen molar-refractivity contribution in [1.82, 2.24) is 0 Å². The number of carbonyl (C=O) groups excluding carboxylic acids is 2. The number of benzene rings is 3. The molecule has 0 saturated heterocycles. The first kappa shape index (κ1) is 22.2. The normalized spacial score (nSPS) is 14.6. The molecule has 0 aliphatic carbocycles. The molecule has 0 aromatic heterocycles. The van der Waals surface area contributed by atoms with Gasteiger partial charge in [0.15, 0.2) is 11.5 Å². The lowest BCUT2D eigenvalue weighted by Gasteiger charge is -2.24. The summed E-state index contributed by atoms with van der Waals surface area (Å²) in [4.78, 5) is 24.9. The second-order valence-electron chi connectivity index (χ2n) is 7.78. The van der Waals surface area contributed by atoms with Gasteiger partial charge in [-0.1, -0.05) is 18.2 Å². The number of para-hydroxylation sites is 1. The summed E-state index contributed by atoms with van der Waals surface area (Å²) in [6.45, 7) is 0. The van der Waals surface area contributed by atoms with Crippen LogP contribution in [0.5, 0.6) is 23.0 Å². The van der Waals surface area contributed by atoms with E-state index >= 15 is 0 Å². The van der Waals surface area contributed by atoms with Crippen molar-refractivity contribution in [1.29, 1.82) is 0 Å². The van der Waals surface area contributed by atoms with Gasteiger partial charge < -0.3 is 24.8 Å². The molecule has 1 aliphatic heterocycles. The molecule has 170 valence electrons. The highest BCUT2D eigenvalue weighted by Gasteiger charge is 2.26. The molecular weight excluding hydrogens is 420 g/mol. The van der Waals surface area contributed by atoms with Gasteiger partial charge in [-0.05, 0) is 60.9 Å². The van der Waals surface area contributed by atoms with Crippen LogP contribution in [0.25, 0.3) is 0 Å². The zero-order valence-electron chi connectivity index (χ0n) is 18.6. The van der Waals surface area contributed by atoms with E-state index in [4.69, 9.17) is 14.2 Å². The number of nitrogens with one attached hydrogen (secondary N) is 2. The van der Waals surface area contributed by atoms with Gasteiger partial charge in [0.25, 0.3) is 0 Å². The van der Waals surface area contributed by atoms with Crippen molar-refractivity contribution in [2.45, 2.75) is 19.3 Å². The Morgan fingerprint density at radius 3 is 2.48 bits per heavy atom. The quantitative estimate of drug-likeness (QED) is 0.507. The minimum Gasteiger partial charge on any atom is -0.497 e. The van der Waals surface area contributed by atoms with Crippen LogP contribution in [-0.4, -0.2) is 26.0 Å². The second-order valence-corrected chi connectivity index (χ2v) is 7.78. The Kier molecular flexibility index (Phi) is 6.78. The van der Waals surface area contributed by atoms with Crippen LogP contribution >= 0.6 is 0 Å². The largest absolute Gasteiger partial charge is 0.497 e. The molecule has 2 N–H and O–H groups in total. The summed E-state index contributed by atoms with van der Waals surface area (Å²) in [5, 5.41) is 5.81. The van der Waals surface area contributed by atoms with E-state index in [9.17, 15) is 9.59 Å². The van der Waals surface area contributed by atoms with Gasteiger partial charge in [0.1, 0.15) is 11.5 Å². The molecule has 7 heteroatoms. The Hall–Kier alpha value is -4.00. The number of fused-ring (bicyclic) bond motifs is 1. The maximum Gasteiger partial charge on any atom is 0.227 e. The average molecular weight is 447 g/mol. The van der Waals surface area contributed by atoms with Gasteiger partial charge in [-0.2, -0.15) is 0 Å². The van der Waals surface area contributed by atoms with Crippen LogP contribution in [0.2, 0.25) is 0 Å². The van der Waals surface area contributed by atoms with E-state index in [1.54, 1.807) is 56.7 Å². The van der Waals surface area contributed by atoms with Crippen molar-refractivity contribution in [3.8, 4) is 23.0 Å². The molecule has 7 nitrogen and oxygen atoms in total. The molecule has 0 bridgehead atoms. The minimum atomic E-state index is -0.226. The van der Waals surface area contributed by atoms with Crippen LogP contribution in [0.1, 0.15) is 18.4 Å². The van der Waals surface area contributed by atoms with E-state index in [0.29, 0.717) is 35.8 Å². The van der Waals surface area contributed by atoms with Crippen LogP contribution < -0.4 is 24.8 Å². The van der Waals surface area contributed by atoms with Crippen molar-refractivity contribution in [3.63, 3.8) is 0 Å². The number of carbonyl (C=O) groups is 2. The SMILES string of the molecule is COc1ccc(Oc2cc(NC(=O)CC[C@H]3Cc4ccccc4NC3=O)ccc2OC)cc1. The van der Waals surface area contributed by atoms with Gasteiger partial charge in [-0.25, -0.2) is 0 Å². The standard InChI is InChI=1S/C26H26N2O5/c1-31-20-9-11-21(12-10-20)33-24-16-19(8-13-23(24)32-2)27-25(29)14-7-18-15-17-5-3-4-6-22(17)28-26(18)30/h3-6,8-13,16,18H,7,14-15H2,1-2H3,(H,27,29)(H,28,30)/t18-/m0/s1. The number of hydrogen-bond donors (Lipinski definition) is 2. The average Bonchev–Trinajstić information content (AvgIpc) is 2.83. The first-order valence-corrected chi connectivity index (χ1v) is 10.7. The summed E-state index contributed by atoms with van der Waals surface area (Å²) in [7, 11) is 3.16. The third-order valence-electron chi connectivity index (χ3n) is 5.57. The fourth-order valence-corrected chi connectivity index (χ4v) is 3.78. The molecule has 0 unspecified atom stereocenters. The van der Waals surface area contributed by atoms with Gasteiger partial charge in [0.05, 0.1) is 14.2 Å². The lowest BCUT2D eigenvalue weighted by atomic mass is 9.89. The third-order valence-corrected chi connectivity index (χ3v) is 5.57. The molecule has 1 atom stereocenters. The number of hydrogen-bond acceptors (Lipinski definition) is 5. The van der Waals surface area contributed by atoms with Crippen LogP contribution in [0.3, 0.4) is 0 Å². The summed E-state index contributed by atoms with van der Waals surface area (Å²) in [6.07, 6.45) is 1.34. The zero-order chi connectivity index (χ0) is 23.2. The molecule has 0 radical (unpaired) electrons. The van der Waals surface area contributed by atoms with Gasteiger partial charge in [-0.3, -0.25) is 9.59 Å². The third kappa shape index (κ3) is 5.44. The van der Waals surface area contributed by atoms with Gasteiger partial charge in [-0.15, -0.1) is 0 Å². The summed E-state index contributed by atoms with van der Waals surface area (Å²) >= 11 is 0. The van der Waals surface area contributed by atoms with Crippen molar-refractivity contribution >= 4 is 23.2 Å². The maximum absolute atomic E-state index is 12.6. The lowest BCUT2D eigenvalue weighted by Crippen LogP contribution is -2.30. The van der Waals surface area contributed by atoms with Crippen LogP contribution in [0, 0.1) is 5.92 Å². The highest BCUT2D eigenvalue weighted by atomic mass is 16.5. The van der Waals surface area contributed by atoms with Gasteiger partial charge in [0.2, 0.25) is 11.8 Å². The van der Waals surface area contributed by atoms with Crippen molar-refractivity contribution < 1.29 is 23.8 Å². The summed E-state index contributed by atoms with van der Waals surface area (Å²) in [6, 6.07) is 20.1. The Morgan fingerprint density at radius 2 is 1.73 bits per heavy atom. The number of rotatable bonds is 8. The fraction of sp³-hybridized carbons (Fsp3) is 0.231. The van der Waals surface area contributed by atoms with E-state index in [0.717, 1.165) is 17.0 Å². The van der Waals surface area contributed by atoms with Crippen LogP contribution in [0.15, 0.2) is 66.7 Å². The Labute approximate surface area is 192 Å². The van der Waals surface area contributed by atoms with E-state index in [-0.39, 0.29) is 24.2 Å². The van der Waals surface area contributed by atoms with Crippen molar-refractivity contribution in [2.24, 2.45) is 5.92 Å². The zero-order valence-corrected chi connectivity index (χ0v) is 18.6. The molecule has 1 heterocycles. The number of methoxy groups -OCH3 is 2. The van der Waals surface area contributed by atoms with Crippen LogP contribution in [0.4, 0.5) is 11.4 Å². The predicted octanol–water partition coefficient (Wildman–Crippen LogP) is 5.03. The smallest absolute Gasteiger partial charge is 0.227 e. The molecule has 0 fully saturated rings. The topological polar surface area (TPSA) is 85.9 Å². The monoisotopic (exact) mass is 446 g/mol.